The van der Waals surface area contributed by atoms with E-state index in [1.54, 1.807) is 0 Å². The first kappa shape index (κ1) is 13.5. The van der Waals surface area contributed by atoms with Crippen molar-refractivity contribution in [1.82, 2.24) is 10.2 Å². The molecule has 21 heavy (non-hydrogen) atoms. The van der Waals surface area contributed by atoms with Crippen molar-refractivity contribution in [1.29, 1.82) is 0 Å². The predicted molar refractivity (Wildman–Crippen MR) is 64.3 cm³/mol. The van der Waals surface area contributed by atoms with E-state index in [0.29, 0.717) is 11.8 Å². The Morgan fingerprint density at radius 2 is 1.90 bits per heavy atom. The summed E-state index contributed by atoms with van der Waals surface area (Å²) in [5, 5.41) is 8.12. The number of hydrogen-bond acceptors (Lipinski definition) is 5. The van der Waals surface area contributed by atoms with E-state index >= 15 is 0 Å². The van der Waals surface area contributed by atoms with Crippen LogP contribution in [0.15, 0.2) is 4.42 Å². The summed E-state index contributed by atoms with van der Waals surface area (Å²) in [6.07, 6.45) is -1.17. The van der Waals surface area contributed by atoms with E-state index in [0.717, 1.165) is 25.7 Å². The van der Waals surface area contributed by atoms with Crippen molar-refractivity contribution in [3.05, 3.63) is 11.8 Å². The molecule has 1 aromatic rings. The monoisotopic (exact) mass is 303 g/mol. The van der Waals surface area contributed by atoms with E-state index in [-0.39, 0.29) is 29.7 Å². The van der Waals surface area contributed by atoms with E-state index in [2.05, 4.69) is 14.9 Å². The number of nitrogens with zero attached hydrogens (tertiary/aromatic N) is 2. The Kier molecular flexibility index (Phi) is 2.56. The van der Waals surface area contributed by atoms with Crippen molar-refractivity contribution in [3.8, 4) is 0 Å². The van der Waals surface area contributed by atoms with Crippen LogP contribution in [0.3, 0.4) is 0 Å². The van der Waals surface area contributed by atoms with Crippen LogP contribution in [0, 0.1) is 0 Å². The Labute approximate surface area is 119 Å². The van der Waals surface area contributed by atoms with Gasteiger partial charge < -0.3 is 10.2 Å². The van der Waals surface area contributed by atoms with Gasteiger partial charge in [0.25, 0.3) is 0 Å². The summed E-state index contributed by atoms with van der Waals surface area (Å²) < 4.78 is 45.9. The lowest BCUT2D eigenvalue weighted by atomic mass is 9.65. The molecule has 5 nitrogen and oxygen atoms in total. The third-order valence-corrected chi connectivity index (χ3v) is 5.12. The second-order valence-corrected chi connectivity index (χ2v) is 6.80. The molecule has 5 rings (SSSR count). The summed E-state index contributed by atoms with van der Waals surface area (Å²) in [7, 11) is 0. The van der Waals surface area contributed by atoms with Crippen molar-refractivity contribution in [2.45, 2.75) is 67.9 Å². The largest absolute Gasteiger partial charge is 0.522 e. The lowest BCUT2D eigenvalue weighted by molar-refractivity contribution is -0.352. The Balaban J connectivity index is 1.39. The topological polar surface area (TPSA) is 74.2 Å². The first-order chi connectivity index (χ1) is 9.77. The SMILES string of the molecule is NC12CCC(c3nnc(C4CC(OC(F)(F)F)C4)o3)(C1)C2. The molecule has 0 amide bonds. The van der Waals surface area contributed by atoms with Gasteiger partial charge in [-0.15, -0.1) is 23.4 Å². The van der Waals surface area contributed by atoms with E-state index in [9.17, 15) is 13.2 Å². The van der Waals surface area contributed by atoms with Gasteiger partial charge >= 0.3 is 6.36 Å². The van der Waals surface area contributed by atoms with E-state index in [4.69, 9.17) is 10.2 Å². The predicted octanol–water partition coefficient (Wildman–Crippen LogP) is 2.37. The van der Waals surface area contributed by atoms with Crippen LogP contribution in [0.1, 0.15) is 56.2 Å². The Bertz CT molecular complexity index is 559. The highest BCUT2D eigenvalue weighted by molar-refractivity contribution is 5.26. The molecular formula is C13H16F3N3O2. The maximum atomic E-state index is 12.1. The molecule has 4 aliphatic carbocycles. The number of rotatable bonds is 3. The third kappa shape index (κ3) is 2.15. The number of aromatic nitrogens is 2. The number of nitrogens with two attached hydrogens (primary N) is 1. The average molecular weight is 303 g/mol. The number of fused-ring (bicyclic) bond motifs is 1. The molecule has 4 saturated carbocycles. The van der Waals surface area contributed by atoms with Crippen molar-refractivity contribution in [3.63, 3.8) is 0 Å². The Morgan fingerprint density at radius 1 is 1.19 bits per heavy atom. The van der Waals surface area contributed by atoms with Crippen LogP contribution in [0.4, 0.5) is 13.2 Å². The molecule has 116 valence electrons. The quantitative estimate of drug-likeness (QED) is 0.928. The van der Waals surface area contributed by atoms with Gasteiger partial charge in [0.15, 0.2) is 0 Å². The highest BCUT2D eigenvalue weighted by atomic mass is 19.4. The van der Waals surface area contributed by atoms with E-state index in [1.807, 2.05) is 0 Å². The average Bonchev–Trinajstić information content (AvgIpc) is 2.93. The highest BCUT2D eigenvalue weighted by Crippen LogP contribution is 2.60. The fourth-order valence-electron chi connectivity index (χ4n) is 4.06. The van der Waals surface area contributed by atoms with Gasteiger partial charge in [-0.2, -0.15) is 0 Å². The van der Waals surface area contributed by atoms with Crippen LogP contribution < -0.4 is 5.73 Å². The van der Waals surface area contributed by atoms with Gasteiger partial charge in [0.1, 0.15) is 0 Å². The molecule has 1 aromatic heterocycles. The summed E-state index contributed by atoms with van der Waals surface area (Å²) in [5.74, 6) is 0.915. The maximum absolute atomic E-state index is 12.1. The summed E-state index contributed by atoms with van der Waals surface area (Å²) in [5.41, 5.74) is 5.98. The molecule has 4 aliphatic rings. The lowest BCUT2D eigenvalue weighted by Gasteiger charge is -2.42. The fourth-order valence-corrected chi connectivity index (χ4v) is 4.06. The summed E-state index contributed by atoms with van der Waals surface area (Å²) in [4.78, 5) is 0. The Hall–Kier alpha value is -1.15. The molecule has 4 fully saturated rings. The third-order valence-electron chi connectivity index (χ3n) is 5.12. The fraction of sp³-hybridized carbons (Fsp3) is 0.846. The molecule has 0 radical (unpaired) electrons. The number of ether oxygens (including phenoxy) is 1. The van der Waals surface area contributed by atoms with Gasteiger partial charge in [-0.1, -0.05) is 0 Å². The van der Waals surface area contributed by atoms with Gasteiger partial charge in [-0.3, -0.25) is 4.74 Å². The summed E-state index contributed by atoms with van der Waals surface area (Å²) in [6, 6.07) is 0. The van der Waals surface area contributed by atoms with Crippen LogP contribution in [0.5, 0.6) is 0 Å². The number of halogens is 3. The van der Waals surface area contributed by atoms with Crippen molar-refractivity contribution < 1.29 is 22.3 Å². The molecule has 0 aliphatic heterocycles. The van der Waals surface area contributed by atoms with Gasteiger partial charge in [-0.05, 0) is 38.5 Å². The van der Waals surface area contributed by atoms with Gasteiger partial charge in [0, 0.05) is 11.5 Å². The second-order valence-electron chi connectivity index (χ2n) is 6.80. The summed E-state index contributed by atoms with van der Waals surface area (Å²) in [6.45, 7) is 0. The van der Waals surface area contributed by atoms with Crippen LogP contribution in [-0.2, 0) is 10.2 Å². The smallest absolute Gasteiger partial charge is 0.424 e. The molecule has 2 N–H and O–H groups in total. The second kappa shape index (κ2) is 3.98. The maximum Gasteiger partial charge on any atom is 0.522 e. The lowest BCUT2D eigenvalue weighted by Crippen LogP contribution is -2.52. The minimum atomic E-state index is -4.57. The zero-order chi connectivity index (χ0) is 14.9. The molecule has 2 bridgehead atoms. The van der Waals surface area contributed by atoms with Crippen LogP contribution >= 0.6 is 0 Å². The van der Waals surface area contributed by atoms with Crippen LogP contribution in [-0.4, -0.2) is 28.2 Å². The Morgan fingerprint density at radius 3 is 2.48 bits per heavy atom. The molecule has 0 unspecified atom stereocenters. The zero-order valence-corrected chi connectivity index (χ0v) is 11.3. The van der Waals surface area contributed by atoms with Crippen molar-refractivity contribution in [2.24, 2.45) is 5.73 Å². The molecule has 1 heterocycles. The van der Waals surface area contributed by atoms with Crippen LogP contribution in [0.2, 0.25) is 0 Å². The van der Waals surface area contributed by atoms with Crippen LogP contribution in [0.25, 0.3) is 0 Å². The minimum absolute atomic E-state index is 0.0727. The number of hydrogen-bond donors (Lipinski definition) is 1. The van der Waals surface area contributed by atoms with E-state index in [1.165, 1.54) is 0 Å². The van der Waals surface area contributed by atoms with Gasteiger partial charge in [0.2, 0.25) is 11.8 Å². The van der Waals surface area contributed by atoms with E-state index < -0.39 is 12.5 Å². The van der Waals surface area contributed by atoms with Crippen molar-refractivity contribution >= 4 is 0 Å². The molecule has 0 saturated heterocycles. The first-order valence-electron chi connectivity index (χ1n) is 7.14. The molecule has 0 atom stereocenters. The molecule has 0 aromatic carbocycles. The standard InChI is InChI=1S/C13H16F3N3O2/c14-13(15,16)21-8-3-7(4-8)9-18-19-10(20-9)11-1-2-12(17,5-11)6-11/h7-8H,1-6,17H2. The van der Waals surface area contributed by atoms with Crippen molar-refractivity contribution in [2.75, 3.05) is 0 Å². The molecule has 8 heteroatoms. The normalized spacial score (nSPS) is 41.7. The minimum Gasteiger partial charge on any atom is -0.424 e. The molecular weight excluding hydrogens is 287 g/mol. The first-order valence-corrected chi connectivity index (χ1v) is 7.14. The zero-order valence-electron chi connectivity index (χ0n) is 11.3. The number of alkyl halides is 3. The highest BCUT2D eigenvalue weighted by Gasteiger charge is 2.62. The van der Waals surface area contributed by atoms with Gasteiger partial charge in [-0.25, -0.2) is 0 Å². The van der Waals surface area contributed by atoms with Gasteiger partial charge in [0.05, 0.1) is 11.5 Å². The molecule has 0 spiro atoms. The summed E-state index contributed by atoms with van der Waals surface area (Å²) >= 11 is 0.